The van der Waals surface area contributed by atoms with Crippen molar-refractivity contribution in [2.45, 2.75) is 78.8 Å². The van der Waals surface area contributed by atoms with E-state index >= 15 is 0 Å². The normalized spacial score (nSPS) is 15.5. The molecule has 0 saturated heterocycles. The number of carboxylic acids is 1. The largest absolute Gasteiger partial charge is 0.493 e. The molecule has 1 atom stereocenters. The molecule has 1 amide bonds. The van der Waals surface area contributed by atoms with Gasteiger partial charge in [-0.25, -0.2) is 9.78 Å². The average Bonchev–Trinajstić information content (AvgIpc) is 3.32. The van der Waals surface area contributed by atoms with Crippen molar-refractivity contribution >= 4 is 18.0 Å². The number of amides is 1. The van der Waals surface area contributed by atoms with Crippen LogP contribution in [-0.2, 0) is 22.4 Å². The van der Waals surface area contributed by atoms with Crippen molar-refractivity contribution in [1.29, 1.82) is 0 Å². The molecule has 1 aromatic carbocycles. The van der Waals surface area contributed by atoms with Gasteiger partial charge in [0.1, 0.15) is 12.0 Å². The molecule has 1 aliphatic heterocycles. The highest BCUT2D eigenvalue weighted by atomic mass is 16.5. The summed E-state index contributed by atoms with van der Waals surface area (Å²) in [4.78, 5) is 30.6. The minimum absolute atomic E-state index is 0. The summed E-state index contributed by atoms with van der Waals surface area (Å²) in [5.74, 6) is 0.413. The number of carbonyl (C=O) groups excluding carboxylic acids is 1. The molecule has 3 N–H and O–H groups in total. The number of carbonyl (C=O) groups is 2. The molecule has 3 rings (SSSR count). The number of benzene rings is 1. The zero-order valence-corrected chi connectivity index (χ0v) is 24.7. The van der Waals surface area contributed by atoms with E-state index in [0.29, 0.717) is 49.1 Å². The Morgan fingerprint density at radius 1 is 1.27 bits per heavy atom. The first-order chi connectivity index (χ1) is 18.9. The van der Waals surface area contributed by atoms with E-state index in [0.717, 1.165) is 24.1 Å². The van der Waals surface area contributed by atoms with Crippen LogP contribution in [0.25, 0.3) is 6.08 Å². The minimum atomic E-state index is -1.06. The van der Waals surface area contributed by atoms with Gasteiger partial charge in [0.2, 0.25) is 11.8 Å². The van der Waals surface area contributed by atoms with Crippen molar-refractivity contribution in [3.05, 3.63) is 77.6 Å². The van der Waals surface area contributed by atoms with Gasteiger partial charge in [-0.1, -0.05) is 44.2 Å². The van der Waals surface area contributed by atoms with E-state index in [-0.39, 0.29) is 11.4 Å². The third kappa shape index (κ3) is 11.6. The number of oxazole rings is 1. The van der Waals surface area contributed by atoms with Gasteiger partial charge in [0, 0.05) is 24.6 Å². The van der Waals surface area contributed by atoms with E-state index in [1.807, 2.05) is 45.9 Å². The number of allylic oxidation sites excluding steroid dienone is 4. The lowest BCUT2D eigenvalue weighted by Crippen LogP contribution is -2.42. The van der Waals surface area contributed by atoms with Gasteiger partial charge in [-0.3, -0.25) is 4.79 Å². The summed E-state index contributed by atoms with van der Waals surface area (Å²) in [6.07, 6.45) is 15.4. The van der Waals surface area contributed by atoms with Crippen LogP contribution in [0.15, 0.2) is 59.3 Å². The fourth-order valence-electron chi connectivity index (χ4n) is 3.93. The Morgan fingerprint density at radius 2 is 2.00 bits per heavy atom. The summed E-state index contributed by atoms with van der Waals surface area (Å²) in [6.45, 7) is 12.9. The van der Waals surface area contributed by atoms with Crippen LogP contribution in [0.4, 0.5) is 0 Å². The number of aromatic nitrogens is 1. The van der Waals surface area contributed by atoms with Crippen molar-refractivity contribution in [3.8, 4) is 5.75 Å². The van der Waals surface area contributed by atoms with Crippen LogP contribution in [-0.4, -0.2) is 45.6 Å². The smallest absolute Gasteiger partial charge is 0.331 e. The lowest BCUT2D eigenvalue weighted by Gasteiger charge is -2.34. The first-order valence-corrected chi connectivity index (χ1v) is 13.9. The number of rotatable bonds is 11. The first-order valence-electron chi connectivity index (χ1n) is 13.9. The molecule has 0 spiro atoms. The van der Waals surface area contributed by atoms with E-state index in [9.17, 15) is 14.7 Å². The van der Waals surface area contributed by atoms with Crippen molar-refractivity contribution in [1.82, 2.24) is 9.88 Å². The molecular formula is C32H45N3O5. The first kappa shape index (κ1) is 32.6. The third-order valence-electron chi connectivity index (χ3n) is 5.77. The summed E-state index contributed by atoms with van der Waals surface area (Å²) in [7, 11) is 0. The number of hydrogen-bond acceptors (Lipinski definition) is 6. The van der Waals surface area contributed by atoms with Crippen LogP contribution < -0.4 is 10.5 Å². The predicted molar refractivity (Wildman–Crippen MR) is 159 cm³/mol. The molecule has 8 nitrogen and oxygen atoms in total. The van der Waals surface area contributed by atoms with E-state index in [1.54, 1.807) is 30.6 Å². The standard InChI is InChI=1S/C28H34N2O5.C4H11N/c1-4-5-6-11-26(31)30-16-14-21-12-13-23(18-24(21)27(30)28(32)33)34-17-15-22-19-35-25(29-22)10-8-7-9-20(2)3;1-4(2,3)5/h4-6,8,10-13,18-20,27H,7,9,14-17H2,1-3H3,(H,32,33);5H2,1-3H3/b5-4?,10-8+,11-6?;. The maximum atomic E-state index is 12.6. The molecule has 0 radical (unpaired) electrons. The second kappa shape index (κ2) is 15.8. The molecule has 2 heterocycles. The number of nitrogens with zero attached hydrogens (tertiary/aromatic N) is 2. The molecule has 1 unspecified atom stereocenters. The molecule has 2 aromatic rings. The lowest BCUT2D eigenvalue weighted by molar-refractivity contribution is -0.149. The molecule has 8 heteroatoms. The average molecular weight is 552 g/mol. The van der Waals surface area contributed by atoms with Crippen molar-refractivity contribution in [2.24, 2.45) is 11.7 Å². The Morgan fingerprint density at radius 3 is 2.65 bits per heavy atom. The molecule has 0 aliphatic carbocycles. The Bertz CT molecular complexity index is 1180. The van der Waals surface area contributed by atoms with E-state index in [1.165, 1.54) is 11.0 Å². The summed E-state index contributed by atoms with van der Waals surface area (Å²) in [5, 5.41) is 9.90. The van der Waals surface area contributed by atoms with Gasteiger partial charge < -0.3 is 24.9 Å². The summed E-state index contributed by atoms with van der Waals surface area (Å²) in [6, 6.07) is 4.40. The second-order valence-corrected chi connectivity index (χ2v) is 11.3. The van der Waals surface area contributed by atoms with Crippen LogP contribution in [0.5, 0.6) is 5.75 Å². The monoisotopic (exact) mass is 551 g/mol. The zero-order valence-electron chi connectivity index (χ0n) is 24.7. The maximum Gasteiger partial charge on any atom is 0.331 e. The molecule has 1 aliphatic rings. The van der Waals surface area contributed by atoms with Crippen LogP contribution in [0.3, 0.4) is 0 Å². The van der Waals surface area contributed by atoms with E-state index in [2.05, 4.69) is 24.9 Å². The number of carboxylic acid groups (broad SMARTS) is 1. The van der Waals surface area contributed by atoms with Gasteiger partial charge >= 0.3 is 5.97 Å². The summed E-state index contributed by atoms with van der Waals surface area (Å²) >= 11 is 0. The van der Waals surface area contributed by atoms with Crippen LogP contribution in [0.1, 0.15) is 83.1 Å². The van der Waals surface area contributed by atoms with Gasteiger partial charge in [-0.2, -0.15) is 0 Å². The van der Waals surface area contributed by atoms with Crippen LogP contribution in [0, 0.1) is 5.92 Å². The molecule has 218 valence electrons. The van der Waals surface area contributed by atoms with Gasteiger partial charge in [0.25, 0.3) is 0 Å². The van der Waals surface area contributed by atoms with Gasteiger partial charge in [0.15, 0.2) is 6.04 Å². The maximum absolute atomic E-state index is 12.6. The van der Waals surface area contributed by atoms with E-state index < -0.39 is 12.0 Å². The Kier molecular flexibility index (Phi) is 12.9. The molecule has 0 saturated carbocycles. The van der Waals surface area contributed by atoms with Crippen LogP contribution in [0.2, 0.25) is 0 Å². The lowest BCUT2D eigenvalue weighted by atomic mass is 9.92. The number of ether oxygens (including phenoxy) is 1. The van der Waals surface area contributed by atoms with Gasteiger partial charge in [-0.05, 0) is 82.2 Å². The van der Waals surface area contributed by atoms with Crippen LogP contribution >= 0.6 is 0 Å². The quantitative estimate of drug-likeness (QED) is 0.255. The van der Waals surface area contributed by atoms with E-state index in [4.69, 9.17) is 14.9 Å². The number of hydrogen-bond donors (Lipinski definition) is 2. The van der Waals surface area contributed by atoms with Gasteiger partial charge in [-0.15, -0.1) is 0 Å². The Hall–Kier alpha value is -3.65. The molecule has 1 aromatic heterocycles. The fourth-order valence-corrected chi connectivity index (χ4v) is 3.93. The topological polar surface area (TPSA) is 119 Å². The number of aliphatic carboxylic acids is 1. The second-order valence-electron chi connectivity index (χ2n) is 11.3. The van der Waals surface area contributed by atoms with Gasteiger partial charge in [0.05, 0.1) is 12.3 Å². The molecule has 0 bridgehead atoms. The summed E-state index contributed by atoms with van der Waals surface area (Å²) < 4.78 is 11.4. The SMILES string of the molecule is CC(C)(C)N.CC=CC=CC(=O)N1CCc2ccc(OCCc3coc(/C=C/CCC(C)C)n3)cc2C1C(=O)O. The highest BCUT2D eigenvalue weighted by Gasteiger charge is 2.35. The van der Waals surface area contributed by atoms with Crippen molar-refractivity contribution < 1.29 is 23.8 Å². The highest BCUT2D eigenvalue weighted by molar-refractivity contribution is 5.92. The molecule has 0 fully saturated rings. The molecular weight excluding hydrogens is 506 g/mol. The molecule has 40 heavy (non-hydrogen) atoms. The van der Waals surface area contributed by atoms with Crippen molar-refractivity contribution in [3.63, 3.8) is 0 Å². The third-order valence-corrected chi connectivity index (χ3v) is 5.77. The fraction of sp³-hybridized carbons (Fsp3) is 0.469. The zero-order chi connectivity index (χ0) is 29.7. The number of fused-ring (bicyclic) bond motifs is 1. The Balaban J connectivity index is 0.00000103. The number of nitrogens with two attached hydrogens (primary N) is 1. The predicted octanol–water partition coefficient (Wildman–Crippen LogP) is 6.13. The minimum Gasteiger partial charge on any atom is -0.493 e. The van der Waals surface area contributed by atoms with Crippen molar-refractivity contribution in [2.75, 3.05) is 13.2 Å². The Labute approximate surface area is 238 Å². The summed E-state index contributed by atoms with van der Waals surface area (Å²) in [5.41, 5.74) is 7.65. The highest BCUT2D eigenvalue weighted by Crippen LogP contribution is 2.33.